The van der Waals surface area contributed by atoms with E-state index >= 15 is 0 Å². The molecule has 0 atom stereocenters. The van der Waals surface area contributed by atoms with Crippen molar-refractivity contribution in [2.24, 2.45) is 7.05 Å². The number of carbonyl (C=O) groups is 2. The predicted octanol–water partition coefficient (Wildman–Crippen LogP) is 4.50. The second-order valence-corrected chi connectivity index (χ2v) is 6.93. The summed E-state index contributed by atoms with van der Waals surface area (Å²) >= 11 is 0. The molecule has 0 saturated carbocycles. The van der Waals surface area contributed by atoms with Crippen molar-refractivity contribution in [2.75, 3.05) is 6.54 Å². The van der Waals surface area contributed by atoms with E-state index in [0.717, 1.165) is 35.0 Å². The minimum Gasteiger partial charge on any atom is -0.347 e. The first kappa shape index (κ1) is 18.9. The number of unbranched alkanes of at least 4 members (excludes halogenated alkanes) is 1. The zero-order chi connectivity index (χ0) is 19.4. The van der Waals surface area contributed by atoms with Crippen LogP contribution in [0.15, 0.2) is 54.6 Å². The molecular formula is C23H26N2O2. The van der Waals surface area contributed by atoms with Crippen molar-refractivity contribution in [1.82, 2.24) is 9.47 Å². The number of para-hydroxylation sites is 1. The van der Waals surface area contributed by atoms with Crippen LogP contribution in [0.2, 0.25) is 0 Å². The van der Waals surface area contributed by atoms with E-state index in [1.54, 1.807) is 4.90 Å². The molecule has 0 aliphatic carbocycles. The van der Waals surface area contributed by atoms with Crippen molar-refractivity contribution in [3.05, 3.63) is 71.4 Å². The third-order valence-corrected chi connectivity index (χ3v) is 5.11. The maximum absolute atomic E-state index is 13.2. The van der Waals surface area contributed by atoms with Gasteiger partial charge in [0.1, 0.15) is 0 Å². The first-order valence-electron chi connectivity index (χ1n) is 9.46. The number of benzene rings is 2. The summed E-state index contributed by atoms with van der Waals surface area (Å²) in [6.45, 7) is 5.02. The molecule has 2 aromatic carbocycles. The average Bonchev–Trinajstić information content (AvgIpc) is 2.95. The highest BCUT2D eigenvalue weighted by atomic mass is 16.2. The van der Waals surface area contributed by atoms with Crippen LogP contribution in [0.5, 0.6) is 0 Å². The molecule has 0 bridgehead atoms. The molecular weight excluding hydrogens is 336 g/mol. The van der Waals surface area contributed by atoms with Crippen LogP contribution in [0.4, 0.5) is 0 Å². The first-order valence-corrected chi connectivity index (χ1v) is 9.46. The van der Waals surface area contributed by atoms with Crippen LogP contribution >= 0.6 is 0 Å². The number of carbonyl (C=O) groups excluding carboxylic acids is 2. The highest BCUT2D eigenvalue weighted by Crippen LogP contribution is 2.26. The van der Waals surface area contributed by atoms with Gasteiger partial charge in [0.2, 0.25) is 0 Å². The predicted molar refractivity (Wildman–Crippen MR) is 109 cm³/mol. The van der Waals surface area contributed by atoms with Crippen LogP contribution in [0.1, 0.15) is 41.4 Å². The van der Waals surface area contributed by atoms with Crippen molar-refractivity contribution in [2.45, 2.75) is 33.2 Å². The van der Waals surface area contributed by atoms with Gasteiger partial charge in [0.25, 0.3) is 11.7 Å². The van der Waals surface area contributed by atoms with Crippen molar-refractivity contribution in [3.63, 3.8) is 0 Å². The van der Waals surface area contributed by atoms with Gasteiger partial charge in [0, 0.05) is 36.7 Å². The quantitative estimate of drug-likeness (QED) is 0.459. The lowest BCUT2D eigenvalue weighted by Gasteiger charge is -2.22. The molecule has 4 nitrogen and oxygen atoms in total. The number of fused-ring (bicyclic) bond motifs is 1. The Balaban J connectivity index is 1.94. The topological polar surface area (TPSA) is 42.3 Å². The molecule has 0 N–H and O–H groups in total. The first-order chi connectivity index (χ1) is 13.0. The van der Waals surface area contributed by atoms with Gasteiger partial charge in [0.15, 0.2) is 0 Å². The van der Waals surface area contributed by atoms with Gasteiger partial charge in [-0.1, -0.05) is 61.9 Å². The molecule has 0 aliphatic heterocycles. The Kier molecular flexibility index (Phi) is 5.75. The summed E-state index contributed by atoms with van der Waals surface area (Å²) < 4.78 is 1.98. The van der Waals surface area contributed by atoms with Gasteiger partial charge in [-0.15, -0.1) is 0 Å². The molecule has 0 radical (unpaired) electrons. The van der Waals surface area contributed by atoms with Crippen LogP contribution in [-0.4, -0.2) is 27.7 Å². The molecule has 0 fully saturated rings. The molecule has 4 heteroatoms. The minimum atomic E-state index is -0.424. The Bertz CT molecular complexity index is 957. The van der Waals surface area contributed by atoms with Crippen LogP contribution in [0.3, 0.4) is 0 Å². The van der Waals surface area contributed by atoms with Crippen molar-refractivity contribution in [1.29, 1.82) is 0 Å². The number of ketones is 1. The van der Waals surface area contributed by atoms with Crippen molar-refractivity contribution >= 4 is 22.6 Å². The van der Waals surface area contributed by atoms with Crippen LogP contribution in [0, 0.1) is 6.92 Å². The molecule has 0 aliphatic rings. The highest BCUT2D eigenvalue weighted by Gasteiger charge is 2.28. The lowest BCUT2D eigenvalue weighted by Crippen LogP contribution is -2.37. The van der Waals surface area contributed by atoms with Crippen molar-refractivity contribution < 1.29 is 9.59 Å². The largest absolute Gasteiger partial charge is 0.347 e. The lowest BCUT2D eigenvalue weighted by atomic mass is 10.0. The van der Waals surface area contributed by atoms with Gasteiger partial charge in [-0.05, 0) is 25.0 Å². The normalized spacial score (nSPS) is 10.9. The zero-order valence-corrected chi connectivity index (χ0v) is 16.2. The monoisotopic (exact) mass is 362 g/mol. The summed E-state index contributed by atoms with van der Waals surface area (Å²) in [6.07, 6.45) is 1.85. The summed E-state index contributed by atoms with van der Waals surface area (Å²) in [4.78, 5) is 28.0. The van der Waals surface area contributed by atoms with Gasteiger partial charge >= 0.3 is 0 Å². The van der Waals surface area contributed by atoms with Crippen LogP contribution < -0.4 is 0 Å². The minimum absolute atomic E-state index is 0.420. The fourth-order valence-electron chi connectivity index (χ4n) is 3.46. The fourth-order valence-corrected chi connectivity index (χ4v) is 3.46. The molecule has 0 unspecified atom stereocenters. The van der Waals surface area contributed by atoms with Crippen LogP contribution in [-0.2, 0) is 18.4 Å². The van der Waals surface area contributed by atoms with E-state index in [0.29, 0.717) is 18.7 Å². The summed E-state index contributed by atoms with van der Waals surface area (Å²) in [5, 5.41) is 0.839. The third kappa shape index (κ3) is 3.80. The van der Waals surface area contributed by atoms with E-state index in [2.05, 4.69) is 6.92 Å². The molecule has 1 amide bonds. The van der Waals surface area contributed by atoms with E-state index in [1.165, 1.54) is 0 Å². The van der Waals surface area contributed by atoms with Gasteiger partial charge in [-0.2, -0.15) is 0 Å². The molecule has 140 valence electrons. The molecule has 1 aromatic heterocycles. The number of rotatable bonds is 7. The van der Waals surface area contributed by atoms with E-state index in [4.69, 9.17) is 0 Å². The fraction of sp³-hybridized carbons (Fsp3) is 0.304. The Morgan fingerprint density at radius 1 is 1.00 bits per heavy atom. The Hall–Kier alpha value is -2.88. The molecule has 3 aromatic rings. The molecule has 1 heterocycles. The van der Waals surface area contributed by atoms with E-state index < -0.39 is 11.7 Å². The van der Waals surface area contributed by atoms with Crippen molar-refractivity contribution in [3.8, 4) is 0 Å². The van der Waals surface area contributed by atoms with E-state index in [-0.39, 0.29) is 0 Å². The van der Waals surface area contributed by atoms with Gasteiger partial charge < -0.3 is 9.47 Å². The Labute approximate surface area is 160 Å². The van der Waals surface area contributed by atoms with Gasteiger partial charge in [-0.25, -0.2) is 0 Å². The number of aromatic nitrogens is 1. The van der Waals surface area contributed by atoms with Crippen LogP contribution in [0.25, 0.3) is 10.9 Å². The Morgan fingerprint density at radius 2 is 1.67 bits per heavy atom. The van der Waals surface area contributed by atoms with Gasteiger partial charge in [-0.3, -0.25) is 9.59 Å². The number of amides is 1. The van der Waals surface area contributed by atoms with E-state index in [1.807, 2.05) is 73.1 Å². The standard InChI is InChI=1S/C23H26N2O2/c1-4-5-15-25(16-18-11-7-6-8-12-18)23(27)22(26)21-17(2)24(3)20-14-10-9-13-19(20)21/h6-14H,4-5,15-16H2,1-3H3. The lowest BCUT2D eigenvalue weighted by molar-refractivity contribution is -0.127. The number of Topliss-reactive ketones (excluding diaryl/α,β-unsaturated/α-hetero) is 1. The maximum atomic E-state index is 13.2. The summed E-state index contributed by atoms with van der Waals surface area (Å²) in [5.41, 5.74) is 3.34. The molecule has 3 rings (SSSR count). The highest BCUT2D eigenvalue weighted by molar-refractivity contribution is 6.45. The second-order valence-electron chi connectivity index (χ2n) is 6.93. The summed E-state index contributed by atoms with van der Waals surface area (Å²) in [7, 11) is 1.93. The average molecular weight is 362 g/mol. The number of aryl methyl sites for hydroxylation is 1. The Morgan fingerprint density at radius 3 is 2.37 bits per heavy atom. The smallest absolute Gasteiger partial charge is 0.295 e. The molecule has 27 heavy (non-hydrogen) atoms. The third-order valence-electron chi connectivity index (χ3n) is 5.11. The molecule has 0 saturated heterocycles. The van der Waals surface area contributed by atoms with Gasteiger partial charge in [0.05, 0.1) is 5.56 Å². The number of hydrogen-bond donors (Lipinski definition) is 0. The number of nitrogens with zero attached hydrogens (tertiary/aromatic N) is 2. The summed E-state index contributed by atoms with van der Waals surface area (Å²) in [6, 6.07) is 17.6. The van der Waals surface area contributed by atoms with E-state index in [9.17, 15) is 9.59 Å². The number of hydrogen-bond acceptors (Lipinski definition) is 2. The zero-order valence-electron chi connectivity index (χ0n) is 16.2. The summed E-state index contributed by atoms with van der Waals surface area (Å²) in [5.74, 6) is -0.844. The molecule has 0 spiro atoms. The SMILES string of the molecule is CCCCN(Cc1ccccc1)C(=O)C(=O)c1c(C)n(C)c2ccccc12. The maximum Gasteiger partial charge on any atom is 0.295 e. The second kappa shape index (κ2) is 8.21.